The fourth-order valence-corrected chi connectivity index (χ4v) is 3.00. The number of nitrogens with zero attached hydrogens (tertiary/aromatic N) is 5. The summed E-state index contributed by atoms with van der Waals surface area (Å²) in [7, 11) is 0. The number of alkyl halides is 2. The zero-order chi connectivity index (χ0) is 19.3. The van der Waals surface area contributed by atoms with E-state index in [2.05, 4.69) is 25.4 Å². The van der Waals surface area contributed by atoms with E-state index in [4.69, 9.17) is 0 Å². The monoisotopic (exact) mass is 372 g/mol. The number of amides is 1. The van der Waals surface area contributed by atoms with Crippen molar-refractivity contribution in [1.29, 1.82) is 0 Å². The van der Waals surface area contributed by atoms with E-state index in [0.717, 1.165) is 30.8 Å². The molecule has 0 bridgehead atoms. The molecule has 27 heavy (non-hydrogen) atoms. The molecule has 9 heteroatoms. The van der Waals surface area contributed by atoms with E-state index in [9.17, 15) is 13.6 Å². The average Bonchev–Trinajstić information content (AvgIpc) is 3.34. The van der Waals surface area contributed by atoms with Gasteiger partial charge in [-0.15, -0.1) is 0 Å². The minimum atomic E-state index is -3.09. The van der Waals surface area contributed by atoms with Gasteiger partial charge in [-0.2, -0.15) is 13.9 Å². The lowest BCUT2D eigenvalue weighted by Gasteiger charge is -2.12. The molecular formula is C18H18F2N6O. The number of halogens is 2. The van der Waals surface area contributed by atoms with Crippen LogP contribution < -0.4 is 5.32 Å². The van der Waals surface area contributed by atoms with Gasteiger partial charge < -0.3 is 5.32 Å². The molecular weight excluding hydrogens is 354 g/mol. The highest BCUT2D eigenvalue weighted by atomic mass is 19.3. The molecule has 1 N–H and O–H groups in total. The van der Waals surface area contributed by atoms with Crippen LogP contribution in [0, 0.1) is 6.92 Å². The van der Waals surface area contributed by atoms with Crippen LogP contribution in [0.4, 0.5) is 14.6 Å². The number of hydrogen-bond donors (Lipinski definition) is 1. The van der Waals surface area contributed by atoms with E-state index in [1.807, 2.05) is 0 Å². The smallest absolute Gasteiger partial charge is 0.287 e. The Morgan fingerprint density at radius 3 is 2.67 bits per heavy atom. The van der Waals surface area contributed by atoms with Crippen LogP contribution in [-0.2, 0) is 10.7 Å². The van der Waals surface area contributed by atoms with E-state index in [1.165, 1.54) is 17.7 Å². The van der Waals surface area contributed by atoms with Gasteiger partial charge in [-0.05, 0) is 19.8 Å². The maximum Gasteiger partial charge on any atom is 0.287 e. The van der Waals surface area contributed by atoms with Gasteiger partial charge in [0.1, 0.15) is 17.3 Å². The zero-order valence-corrected chi connectivity index (χ0v) is 15.1. The van der Waals surface area contributed by atoms with E-state index >= 15 is 0 Å². The number of pyridine rings is 1. The lowest BCUT2D eigenvalue weighted by molar-refractivity contribution is -0.114. The molecule has 3 heterocycles. The van der Waals surface area contributed by atoms with Crippen molar-refractivity contribution in [1.82, 2.24) is 24.7 Å². The molecule has 140 valence electrons. The van der Waals surface area contributed by atoms with Gasteiger partial charge in [0.25, 0.3) is 5.92 Å². The largest absolute Gasteiger partial charge is 0.311 e. The third-order valence-electron chi connectivity index (χ3n) is 4.35. The van der Waals surface area contributed by atoms with Crippen molar-refractivity contribution in [3.8, 4) is 5.82 Å². The van der Waals surface area contributed by atoms with Gasteiger partial charge in [0, 0.05) is 43.5 Å². The summed E-state index contributed by atoms with van der Waals surface area (Å²) in [5.41, 5.74) is 1.16. The first-order valence-corrected chi connectivity index (χ1v) is 8.63. The van der Waals surface area contributed by atoms with Crippen molar-refractivity contribution in [2.45, 2.75) is 45.5 Å². The number of carbonyl (C=O) groups is 1. The fraction of sp³-hybridized carbons (Fsp3) is 0.389. The predicted octanol–water partition coefficient (Wildman–Crippen LogP) is 3.47. The number of hydrogen-bond acceptors (Lipinski definition) is 5. The van der Waals surface area contributed by atoms with Crippen LogP contribution in [0.5, 0.6) is 0 Å². The first-order chi connectivity index (χ1) is 12.7. The Balaban J connectivity index is 1.93. The van der Waals surface area contributed by atoms with Crippen molar-refractivity contribution >= 4 is 22.6 Å². The van der Waals surface area contributed by atoms with Crippen LogP contribution in [0.25, 0.3) is 16.7 Å². The molecule has 1 aliphatic carbocycles. The lowest BCUT2D eigenvalue weighted by atomic mass is 10.2. The second-order valence-electron chi connectivity index (χ2n) is 6.89. The summed E-state index contributed by atoms with van der Waals surface area (Å²) in [5.74, 6) is -2.15. The number of anilines is 1. The van der Waals surface area contributed by atoms with Crippen LogP contribution >= 0.6 is 0 Å². The molecule has 3 aromatic heterocycles. The van der Waals surface area contributed by atoms with E-state index in [1.54, 1.807) is 19.2 Å². The number of nitrogens with one attached hydrogen (secondary N) is 1. The summed E-state index contributed by atoms with van der Waals surface area (Å²) in [6.07, 6.45) is 3.71. The summed E-state index contributed by atoms with van der Waals surface area (Å²) < 4.78 is 29.2. The van der Waals surface area contributed by atoms with Crippen LogP contribution in [-0.4, -0.2) is 30.6 Å². The molecule has 0 aromatic carbocycles. The maximum atomic E-state index is 13.8. The van der Waals surface area contributed by atoms with Crippen molar-refractivity contribution in [2.75, 3.05) is 5.32 Å². The number of aromatic nitrogens is 5. The molecule has 0 unspecified atom stereocenters. The van der Waals surface area contributed by atoms with Gasteiger partial charge in [0.2, 0.25) is 5.91 Å². The van der Waals surface area contributed by atoms with Gasteiger partial charge in [0.15, 0.2) is 5.82 Å². The molecule has 7 nitrogen and oxygen atoms in total. The highest BCUT2D eigenvalue weighted by Gasteiger charge is 2.31. The van der Waals surface area contributed by atoms with Crippen LogP contribution in [0.2, 0.25) is 0 Å². The Hall–Kier alpha value is -2.97. The van der Waals surface area contributed by atoms with Gasteiger partial charge in [0.05, 0.1) is 11.2 Å². The molecule has 1 fully saturated rings. The van der Waals surface area contributed by atoms with Crippen molar-refractivity contribution in [2.24, 2.45) is 0 Å². The topological polar surface area (TPSA) is 85.6 Å². The summed E-state index contributed by atoms with van der Waals surface area (Å²) in [6, 6.07) is 2.92. The van der Waals surface area contributed by atoms with Crippen molar-refractivity contribution in [3.63, 3.8) is 0 Å². The molecule has 0 spiro atoms. The number of aryl methyl sites for hydroxylation is 1. The van der Waals surface area contributed by atoms with Crippen molar-refractivity contribution in [3.05, 3.63) is 35.5 Å². The molecule has 0 atom stereocenters. The number of fused-ring (bicyclic) bond motifs is 1. The Kier molecular flexibility index (Phi) is 3.90. The second kappa shape index (κ2) is 6.04. The fourth-order valence-electron chi connectivity index (χ4n) is 3.00. The van der Waals surface area contributed by atoms with Crippen LogP contribution in [0.3, 0.4) is 0 Å². The normalized spacial score (nSPS) is 14.6. The second-order valence-corrected chi connectivity index (χ2v) is 6.89. The lowest BCUT2D eigenvalue weighted by Crippen LogP contribution is -2.14. The average molecular weight is 372 g/mol. The molecule has 3 aromatic rings. The highest BCUT2D eigenvalue weighted by Crippen LogP contribution is 2.43. The van der Waals surface area contributed by atoms with E-state index in [-0.39, 0.29) is 23.2 Å². The third kappa shape index (κ3) is 3.36. The number of carbonyl (C=O) groups excluding carboxylic acids is 1. The molecule has 1 amide bonds. The summed E-state index contributed by atoms with van der Waals surface area (Å²) >= 11 is 0. The summed E-state index contributed by atoms with van der Waals surface area (Å²) in [5, 5.41) is 8.09. The first kappa shape index (κ1) is 17.4. The summed E-state index contributed by atoms with van der Waals surface area (Å²) in [6.45, 7) is 3.76. The Labute approximate surface area is 153 Å². The minimum absolute atomic E-state index is 0.233. The Morgan fingerprint density at radius 1 is 1.30 bits per heavy atom. The van der Waals surface area contributed by atoms with E-state index in [0.29, 0.717) is 17.3 Å². The zero-order valence-electron chi connectivity index (χ0n) is 15.1. The van der Waals surface area contributed by atoms with Crippen LogP contribution in [0.15, 0.2) is 18.3 Å². The van der Waals surface area contributed by atoms with Gasteiger partial charge in [-0.1, -0.05) is 0 Å². The van der Waals surface area contributed by atoms with Gasteiger partial charge >= 0.3 is 0 Å². The highest BCUT2D eigenvalue weighted by molar-refractivity contribution is 5.91. The van der Waals surface area contributed by atoms with Crippen molar-refractivity contribution < 1.29 is 13.6 Å². The van der Waals surface area contributed by atoms with Gasteiger partial charge in [-0.3, -0.25) is 4.79 Å². The third-order valence-corrected chi connectivity index (χ3v) is 4.35. The first-order valence-electron chi connectivity index (χ1n) is 8.63. The minimum Gasteiger partial charge on any atom is -0.311 e. The SMILES string of the molecule is CC(=O)Nc1cc2c(cn1)c(C1CC1)nn2-c1cc(C(C)(F)F)nc(C)n1. The summed E-state index contributed by atoms with van der Waals surface area (Å²) in [4.78, 5) is 23.8. The van der Waals surface area contributed by atoms with Gasteiger partial charge in [-0.25, -0.2) is 19.6 Å². The van der Waals surface area contributed by atoms with Crippen LogP contribution in [0.1, 0.15) is 49.8 Å². The van der Waals surface area contributed by atoms with E-state index < -0.39 is 5.92 Å². The molecule has 0 aliphatic heterocycles. The Morgan fingerprint density at radius 2 is 2.04 bits per heavy atom. The molecule has 0 radical (unpaired) electrons. The predicted molar refractivity (Wildman–Crippen MR) is 95.0 cm³/mol. The molecule has 0 saturated heterocycles. The quantitative estimate of drug-likeness (QED) is 0.758. The molecule has 1 saturated carbocycles. The Bertz CT molecular complexity index is 1050. The number of rotatable bonds is 4. The standard InChI is InChI=1S/C18H18F2N6O/c1-9-22-14(18(3,19)20)7-16(23-9)26-13-6-15(24-10(2)27)21-8-12(13)17(25-26)11-4-5-11/h6-8,11H,4-5H2,1-3H3,(H,21,24,27). The molecule has 4 rings (SSSR count). The maximum absolute atomic E-state index is 13.8. The molecule has 1 aliphatic rings.